The second kappa shape index (κ2) is 4.65. The Labute approximate surface area is 97.2 Å². The Bertz CT molecular complexity index is 631. The number of aromatic hydroxyl groups is 1. The van der Waals surface area contributed by atoms with Crippen LogP contribution in [0, 0.1) is 0 Å². The van der Waals surface area contributed by atoms with Crippen LogP contribution in [0.5, 0.6) is 5.75 Å². The summed E-state index contributed by atoms with van der Waals surface area (Å²) in [6.45, 7) is 0. The van der Waals surface area contributed by atoms with Gasteiger partial charge in [-0.15, -0.1) is 0 Å². The van der Waals surface area contributed by atoms with Crippen LogP contribution in [-0.2, 0) is 11.0 Å². The molecule has 0 aliphatic heterocycles. The lowest BCUT2D eigenvalue weighted by molar-refractivity contribution is -0.164. The maximum atomic E-state index is 11.0. The third-order valence-corrected chi connectivity index (χ3v) is 2.97. The molecular weight excluding hydrogens is 243 g/mol. The second-order valence-electron chi connectivity index (χ2n) is 3.58. The van der Waals surface area contributed by atoms with E-state index in [1.165, 1.54) is 12.1 Å². The van der Waals surface area contributed by atoms with E-state index < -0.39 is 13.7 Å². The van der Waals surface area contributed by atoms with Gasteiger partial charge in [-0.3, -0.25) is 0 Å². The monoisotopic (exact) mass is 252 g/mol. The summed E-state index contributed by atoms with van der Waals surface area (Å²) in [5, 5.41) is 10.3. The molecule has 0 saturated carbocycles. The van der Waals surface area contributed by atoms with Crippen LogP contribution in [-0.4, -0.2) is 11.3 Å². The Morgan fingerprint density at radius 1 is 1.35 bits per heavy atom. The lowest BCUT2D eigenvalue weighted by Gasteiger charge is -2.03. The maximum absolute atomic E-state index is 11.0. The fourth-order valence-corrected chi connectivity index (χ4v) is 1.99. The van der Waals surface area contributed by atoms with Gasteiger partial charge in [0.25, 0.3) is 0 Å². The van der Waals surface area contributed by atoms with Crippen molar-refractivity contribution >= 4 is 19.0 Å². The van der Waals surface area contributed by atoms with Crippen molar-refractivity contribution in [2.45, 2.75) is 6.42 Å². The molecule has 6 heteroatoms. The first kappa shape index (κ1) is 11.8. The molecule has 17 heavy (non-hydrogen) atoms. The molecule has 0 fully saturated rings. The van der Waals surface area contributed by atoms with E-state index in [4.69, 9.17) is 4.42 Å². The molecule has 1 N–H and O–H groups in total. The molecule has 5 nitrogen and oxygen atoms in total. The van der Waals surface area contributed by atoms with Gasteiger partial charge in [-0.25, -0.2) is 4.79 Å². The summed E-state index contributed by atoms with van der Waals surface area (Å²) in [5.41, 5.74) is 0.308. The Kier molecular flexibility index (Phi) is 3.22. The van der Waals surface area contributed by atoms with E-state index in [0.29, 0.717) is 10.9 Å². The quantitative estimate of drug-likeness (QED) is 0.653. The highest BCUT2D eigenvalue weighted by atomic mass is 31.1. The highest BCUT2D eigenvalue weighted by molar-refractivity contribution is 7.36. The third kappa shape index (κ3) is 2.70. The number of aryl methyl sites for hydroxylation is 1. The Hall–Kier alpha value is -1.71. The molecule has 2 rings (SSSR count). The average Bonchev–Trinajstić information content (AvgIpc) is 2.26. The minimum Gasteiger partial charge on any atom is -0.596 e. The third-order valence-electron chi connectivity index (χ3n) is 2.38. The van der Waals surface area contributed by atoms with Gasteiger partial charge >= 0.3 is 13.7 Å². The molecule has 1 aromatic heterocycles. The van der Waals surface area contributed by atoms with E-state index in [2.05, 4.69) is 0 Å². The van der Waals surface area contributed by atoms with Crippen LogP contribution in [0.25, 0.3) is 11.0 Å². The zero-order valence-corrected chi connectivity index (χ0v) is 9.65. The summed E-state index contributed by atoms with van der Waals surface area (Å²) >= 11 is 0. The van der Waals surface area contributed by atoms with Crippen LogP contribution in [0.2, 0.25) is 0 Å². The molecule has 2 aromatic rings. The van der Waals surface area contributed by atoms with Crippen molar-refractivity contribution < 1.29 is 19.0 Å². The fourth-order valence-electron chi connectivity index (χ4n) is 1.56. The van der Waals surface area contributed by atoms with Gasteiger partial charge in [-0.05, 0) is 17.7 Å². The number of hydrogen-bond donors (Lipinski definition) is 1. The lowest BCUT2D eigenvalue weighted by Crippen LogP contribution is -1.98. The second-order valence-corrected chi connectivity index (χ2v) is 4.69. The summed E-state index contributed by atoms with van der Waals surface area (Å²) in [7, 11) is -2.47. The van der Waals surface area contributed by atoms with Crippen LogP contribution in [0.1, 0.15) is 5.56 Å². The smallest absolute Gasteiger partial charge is 0.336 e. The van der Waals surface area contributed by atoms with Crippen molar-refractivity contribution in [3.8, 4) is 5.75 Å². The number of phenols is 1. The molecule has 1 heterocycles. The zero-order valence-electron chi connectivity index (χ0n) is 8.75. The molecule has 88 valence electrons. The highest BCUT2D eigenvalue weighted by Crippen LogP contribution is 2.26. The topological polar surface area (TPSA) is 90.6 Å². The Balaban J connectivity index is 2.44. The van der Waals surface area contributed by atoms with Crippen LogP contribution >= 0.6 is 8.03 Å². The summed E-state index contributed by atoms with van der Waals surface area (Å²) < 4.78 is 15.4. The molecule has 0 amide bonds. The molecule has 0 bridgehead atoms. The molecular formula is C11H9O5P. The standard InChI is InChI=1S/C11H9O5P/c12-9-6-10-8(1-2-11(13)16-10)5-7(9)3-4-17(14)15/h1-2,5-6,12H,3-4H2. The number of fused-ring (bicyclic) bond motifs is 1. The Morgan fingerprint density at radius 2 is 2.12 bits per heavy atom. The first-order valence-corrected chi connectivity index (χ1v) is 6.30. The molecule has 0 spiro atoms. The van der Waals surface area contributed by atoms with Crippen molar-refractivity contribution in [3.63, 3.8) is 0 Å². The average molecular weight is 252 g/mol. The van der Waals surface area contributed by atoms with Crippen molar-refractivity contribution in [2.75, 3.05) is 6.16 Å². The Morgan fingerprint density at radius 3 is 2.82 bits per heavy atom. The van der Waals surface area contributed by atoms with E-state index in [-0.39, 0.29) is 23.9 Å². The maximum Gasteiger partial charge on any atom is 0.336 e. The van der Waals surface area contributed by atoms with Crippen molar-refractivity contribution in [3.05, 3.63) is 40.2 Å². The number of benzene rings is 1. The molecule has 0 radical (unpaired) electrons. The predicted molar refractivity (Wildman–Crippen MR) is 60.3 cm³/mol. The predicted octanol–water partition coefficient (Wildman–Crippen LogP) is 1.14. The van der Waals surface area contributed by atoms with E-state index in [9.17, 15) is 19.4 Å². The number of rotatable bonds is 3. The highest BCUT2D eigenvalue weighted by Gasteiger charge is 2.09. The SMILES string of the molecule is O=c1ccc2cc(CC[P+](=O)[O-])c(O)cc2o1. The van der Waals surface area contributed by atoms with E-state index in [0.717, 1.165) is 0 Å². The van der Waals surface area contributed by atoms with Gasteiger partial charge in [0.2, 0.25) is 0 Å². The number of hydrogen-bond acceptors (Lipinski definition) is 5. The van der Waals surface area contributed by atoms with Gasteiger partial charge in [-0.1, -0.05) is 4.57 Å². The lowest BCUT2D eigenvalue weighted by atomic mass is 10.1. The van der Waals surface area contributed by atoms with Gasteiger partial charge in [0.1, 0.15) is 17.5 Å². The van der Waals surface area contributed by atoms with Gasteiger partial charge in [0, 0.05) is 23.9 Å². The van der Waals surface area contributed by atoms with Gasteiger partial charge in [0.05, 0.1) is 0 Å². The molecule has 0 saturated heterocycles. The normalized spacial score (nSPS) is 11.7. The van der Waals surface area contributed by atoms with Gasteiger partial charge in [-0.2, -0.15) is 0 Å². The van der Waals surface area contributed by atoms with Gasteiger partial charge in [0.15, 0.2) is 0 Å². The van der Waals surface area contributed by atoms with Crippen LogP contribution < -0.4 is 10.5 Å². The first-order valence-electron chi connectivity index (χ1n) is 4.94. The summed E-state index contributed by atoms with van der Waals surface area (Å²) in [6, 6.07) is 5.79. The molecule has 1 aromatic carbocycles. The first-order chi connectivity index (χ1) is 8.06. The van der Waals surface area contributed by atoms with E-state index >= 15 is 0 Å². The summed E-state index contributed by atoms with van der Waals surface area (Å²) in [4.78, 5) is 21.5. The molecule has 0 aliphatic carbocycles. The summed E-state index contributed by atoms with van der Waals surface area (Å²) in [5.74, 6) is -0.0660. The largest absolute Gasteiger partial charge is 0.596 e. The zero-order chi connectivity index (χ0) is 12.4. The molecule has 0 aliphatic rings. The minimum absolute atomic E-state index is 0.0226. The van der Waals surface area contributed by atoms with E-state index in [1.54, 1.807) is 12.1 Å². The summed E-state index contributed by atoms with van der Waals surface area (Å²) in [6.07, 6.45) is 0.213. The molecule has 1 atom stereocenters. The van der Waals surface area contributed by atoms with Crippen molar-refractivity contribution in [1.29, 1.82) is 0 Å². The van der Waals surface area contributed by atoms with Crippen LogP contribution in [0.15, 0.2) is 33.5 Å². The van der Waals surface area contributed by atoms with Crippen LogP contribution in [0.4, 0.5) is 0 Å². The minimum atomic E-state index is -2.47. The van der Waals surface area contributed by atoms with Crippen molar-refractivity contribution in [2.24, 2.45) is 0 Å². The number of phenolic OH excluding ortho intramolecular Hbond substituents is 1. The van der Waals surface area contributed by atoms with E-state index in [1.807, 2.05) is 0 Å². The van der Waals surface area contributed by atoms with Crippen molar-refractivity contribution in [1.82, 2.24) is 0 Å². The van der Waals surface area contributed by atoms with Gasteiger partial charge < -0.3 is 14.4 Å². The van der Waals surface area contributed by atoms with Crippen LogP contribution in [0.3, 0.4) is 0 Å². The molecule has 1 unspecified atom stereocenters. The fraction of sp³-hybridized carbons (Fsp3) is 0.182.